The minimum absolute atomic E-state index is 0.0385. The quantitative estimate of drug-likeness (QED) is 0.568. The first-order valence-corrected chi connectivity index (χ1v) is 9.31. The Morgan fingerprint density at radius 3 is 2.57 bits per heavy atom. The number of ether oxygens (including phenoxy) is 2. The minimum atomic E-state index is -0.0385. The van der Waals surface area contributed by atoms with Gasteiger partial charge in [-0.25, -0.2) is 0 Å². The van der Waals surface area contributed by atoms with Gasteiger partial charge in [0.25, 0.3) is 5.91 Å². The van der Waals surface area contributed by atoms with Gasteiger partial charge >= 0.3 is 0 Å². The maximum Gasteiger partial charge on any atom is 0.254 e. The molecule has 1 heterocycles. The monoisotopic (exact) mass is 378 g/mol. The van der Waals surface area contributed by atoms with Gasteiger partial charge in [-0.1, -0.05) is 36.4 Å². The van der Waals surface area contributed by atoms with Crippen molar-refractivity contribution in [3.63, 3.8) is 0 Å². The summed E-state index contributed by atoms with van der Waals surface area (Å²) >= 11 is 0. The van der Waals surface area contributed by atoms with Crippen LogP contribution in [0.2, 0.25) is 0 Å². The van der Waals surface area contributed by atoms with Crippen molar-refractivity contribution in [2.24, 2.45) is 0 Å². The molecule has 3 rings (SSSR count). The smallest absolute Gasteiger partial charge is 0.254 e. The largest absolute Gasteiger partial charge is 0.497 e. The van der Waals surface area contributed by atoms with Gasteiger partial charge in [0, 0.05) is 37.7 Å². The van der Waals surface area contributed by atoms with Crippen LogP contribution in [0.1, 0.15) is 21.6 Å². The molecular formula is C23H26N2O3. The van der Waals surface area contributed by atoms with Crippen LogP contribution in [0, 0.1) is 0 Å². The zero-order valence-corrected chi connectivity index (χ0v) is 16.4. The van der Waals surface area contributed by atoms with Gasteiger partial charge in [0.15, 0.2) is 0 Å². The molecule has 5 nitrogen and oxygen atoms in total. The minimum Gasteiger partial charge on any atom is -0.497 e. The van der Waals surface area contributed by atoms with Crippen LogP contribution in [-0.4, -0.2) is 42.7 Å². The molecule has 5 heteroatoms. The molecule has 2 aromatic carbocycles. The molecule has 0 aliphatic heterocycles. The first kappa shape index (κ1) is 19.7. The molecular weight excluding hydrogens is 352 g/mol. The number of carbonyl (C=O) groups excluding carboxylic acids is 1. The third-order valence-corrected chi connectivity index (χ3v) is 4.64. The average Bonchev–Trinajstić information content (AvgIpc) is 3.17. The van der Waals surface area contributed by atoms with E-state index in [9.17, 15) is 4.79 Å². The van der Waals surface area contributed by atoms with Gasteiger partial charge in [0.1, 0.15) is 5.75 Å². The first-order chi connectivity index (χ1) is 13.7. The summed E-state index contributed by atoms with van der Waals surface area (Å²) < 4.78 is 12.7. The second kappa shape index (κ2) is 9.76. The van der Waals surface area contributed by atoms with E-state index in [-0.39, 0.29) is 5.91 Å². The number of hydrogen-bond donors (Lipinski definition) is 0. The molecule has 0 bridgehead atoms. The number of nitrogens with zero attached hydrogens (tertiary/aromatic N) is 2. The van der Waals surface area contributed by atoms with Crippen molar-refractivity contribution in [3.8, 4) is 5.75 Å². The number of carbonyl (C=O) groups is 1. The van der Waals surface area contributed by atoms with Crippen molar-refractivity contribution in [1.29, 1.82) is 0 Å². The van der Waals surface area contributed by atoms with Crippen molar-refractivity contribution in [1.82, 2.24) is 9.47 Å². The summed E-state index contributed by atoms with van der Waals surface area (Å²) in [4.78, 5) is 14.9. The number of methoxy groups -OCH3 is 2. The van der Waals surface area contributed by atoms with E-state index in [2.05, 4.69) is 22.8 Å². The van der Waals surface area contributed by atoms with Gasteiger partial charge in [-0.15, -0.1) is 0 Å². The van der Waals surface area contributed by atoms with E-state index in [1.807, 2.05) is 53.6 Å². The fourth-order valence-corrected chi connectivity index (χ4v) is 3.12. The zero-order valence-electron chi connectivity index (χ0n) is 16.4. The molecule has 0 fully saturated rings. The second-order valence-electron chi connectivity index (χ2n) is 6.56. The maximum absolute atomic E-state index is 13.1. The van der Waals surface area contributed by atoms with E-state index < -0.39 is 0 Å². The SMILES string of the molecule is COCCN(Cc1cccn1Cc1ccccc1)C(=O)c1cccc(OC)c1. The van der Waals surface area contributed by atoms with Crippen molar-refractivity contribution in [2.75, 3.05) is 27.4 Å². The second-order valence-corrected chi connectivity index (χ2v) is 6.56. The van der Waals surface area contributed by atoms with E-state index >= 15 is 0 Å². The van der Waals surface area contributed by atoms with Crippen LogP contribution in [0.5, 0.6) is 5.75 Å². The van der Waals surface area contributed by atoms with Crippen LogP contribution in [0.15, 0.2) is 72.9 Å². The Bertz CT molecular complexity index is 890. The fraction of sp³-hybridized carbons (Fsp3) is 0.261. The lowest BCUT2D eigenvalue weighted by atomic mass is 10.1. The zero-order chi connectivity index (χ0) is 19.8. The van der Waals surface area contributed by atoms with E-state index in [1.165, 1.54) is 5.56 Å². The predicted octanol–water partition coefficient (Wildman–Crippen LogP) is 3.83. The summed E-state index contributed by atoms with van der Waals surface area (Å²) in [5.41, 5.74) is 2.91. The Balaban J connectivity index is 1.79. The van der Waals surface area contributed by atoms with Gasteiger partial charge in [0.2, 0.25) is 0 Å². The summed E-state index contributed by atoms with van der Waals surface area (Å²) in [5, 5.41) is 0. The molecule has 0 aliphatic rings. The molecule has 0 saturated heterocycles. The Kier molecular flexibility index (Phi) is 6.87. The number of amides is 1. The topological polar surface area (TPSA) is 43.7 Å². The maximum atomic E-state index is 13.1. The average molecular weight is 378 g/mol. The van der Waals surface area contributed by atoms with Gasteiger partial charge in [-0.05, 0) is 35.9 Å². The van der Waals surface area contributed by atoms with Crippen molar-refractivity contribution in [2.45, 2.75) is 13.1 Å². The Hall–Kier alpha value is -3.05. The summed E-state index contributed by atoms with van der Waals surface area (Å²) in [6, 6.07) is 21.6. The molecule has 0 radical (unpaired) electrons. The van der Waals surface area contributed by atoms with Gasteiger partial charge < -0.3 is 18.9 Å². The van der Waals surface area contributed by atoms with Crippen LogP contribution in [-0.2, 0) is 17.8 Å². The standard InChI is InChI=1S/C23H26N2O3/c1-27-15-14-25(23(26)20-10-6-12-22(16-20)28-2)18-21-11-7-13-24(21)17-19-8-4-3-5-9-19/h3-13,16H,14-15,17-18H2,1-2H3. The molecule has 0 spiro atoms. The predicted molar refractivity (Wildman–Crippen MR) is 110 cm³/mol. The Morgan fingerprint density at radius 2 is 1.82 bits per heavy atom. The highest BCUT2D eigenvalue weighted by Gasteiger charge is 2.18. The van der Waals surface area contributed by atoms with Crippen LogP contribution in [0.3, 0.4) is 0 Å². The Morgan fingerprint density at radius 1 is 1.00 bits per heavy atom. The highest BCUT2D eigenvalue weighted by atomic mass is 16.5. The molecule has 28 heavy (non-hydrogen) atoms. The molecule has 0 saturated carbocycles. The molecule has 0 atom stereocenters. The van der Waals surface area contributed by atoms with Crippen molar-refractivity contribution in [3.05, 3.63) is 89.7 Å². The van der Waals surface area contributed by atoms with Crippen molar-refractivity contribution < 1.29 is 14.3 Å². The molecule has 1 aromatic heterocycles. The summed E-state index contributed by atoms with van der Waals surface area (Å²) in [6.45, 7) is 2.28. The van der Waals surface area contributed by atoms with Crippen LogP contribution < -0.4 is 4.74 Å². The third-order valence-electron chi connectivity index (χ3n) is 4.64. The lowest BCUT2D eigenvalue weighted by Crippen LogP contribution is -2.34. The molecule has 0 N–H and O–H groups in total. The van der Waals surface area contributed by atoms with Gasteiger partial charge in [0.05, 0.1) is 20.3 Å². The normalized spacial score (nSPS) is 10.6. The summed E-state index contributed by atoms with van der Waals surface area (Å²) in [5.74, 6) is 0.633. The third kappa shape index (κ3) is 5.02. The van der Waals surface area contributed by atoms with E-state index in [1.54, 1.807) is 20.3 Å². The van der Waals surface area contributed by atoms with Crippen LogP contribution >= 0.6 is 0 Å². The summed E-state index contributed by atoms with van der Waals surface area (Å²) in [6.07, 6.45) is 2.05. The van der Waals surface area contributed by atoms with Crippen LogP contribution in [0.25, 0.3) is 0 Å². The number of rotatable bonds is 9. The number of hydrogen-bond acceptors (Lipinski definition) is 3. The highest BCUT2D eigenvalue weighted by Crippen LogP contribution is 2.17. The lowest BCUT2D eigenvalue weighted by Gasteiger charge is -2.24. The summed E-state index contributed by atoms with van der Waals surface area (Å²) in [7, 11) is 3.25. The molecule has 3 aromatic rings. The molecule has 1 amide bonds. The number of aromatic nitrogens is 1. The van der Waals surface area contributed by atoms with Gasteiger partial charge in [-0.2, -0.15) is 0 Å². The number of benzene rings is 2. The molecule has 146 valence electrons. The Labute approximate surface area is 166 Å². The highest BCUT2D eigenvalue weighted by molar-refractivity contribution is 5.94. The first-order valence-electron chi connectivity index (χ1n) is 9.31. The van der Waals surface area contributed by atoms with Crippen molar-refractivity contribution >= 4 is 5.91 Å². The lowest BCUT2D eigenvalue weighted by molar-refractivity contribution is 0.0675. The fourth-order valence-electron chi connectivity index (χ4n) is 3.12. The van der Waals surface area contributed by atoms with E-state index in [4.69, 9.17) is 9.47 Å². The van der Waals surface area contributed by atoms with Crippen LogP contribution in [0.4, 0.5) is 0 Å². The van der Waals surface area contributed by atoms with E-state index in [0.717, 1.165) is 12.2 Å². The van der Waals surface area contributed by atoms with Gasteiger partial charge in [-0.3, -0.25) is 4.79 Å². The molecule has 0 aliphatic carbocycles. The molecule has 0 unspecified atom stereocenters. The van der Waals surface area contributed by atoms with E-state index in [0.29, 0.717) is 31.0 Å².